The summed E-state index contributed by atoms with van der Waals surface area (Å²) in [6.45, 7) is 0. The van der Waals surface area contributed by atoms with Crippen LogP contribution in [0.25, 0.3) is 5.69 Å². The zero-order valence-electron chi connectivity index (χ0n) is 14.6. The highest BCUT2D eigenvalue weighted by Crippen LogP contribution is 2.35. The van der Waals surface area contributed by atoms with Crippen molar-refractivity contribution < 1.29 is 26.4 Å². The van der Waals surface area contributed by atoms with Gasteiger partial charge in [-0.2, -0.15) is 13.2 Å². The summed E-state index contributed by atoms with van der Waals surface area (Å²) in [6.07, 6.45) is -5.15. The van der Waals surface area contributed by atoms with Crippen LogP contribution in [0, 0.1) is 0 Å². The Kier molecular flexibility index (Phi) is 6.45. The van der Waals surface area contributed by atoms with Gasteiger partial charge in [-0.3, -0.25) is 4.79 Å². The van der Waals surface area contributed by atoms with Gasteiger partial charge in [0.2, 0.25) is 0 Å². The molecule has 2 aromatic carbocycles. The maximum absolute atomic E-state index is 13.7. The molecule has 1 N–H and O–H groups in total. The lowest BCUT2D eigenvalue weighted by Gasteiger charge is -2.13. The number of nitrogens with one attached hydrogen (secondary N) is 1. The van der Waals surface area contributed by atoms with E-state index in [2.05, 4.69) is 10.3 Å². The van der Waals surface area contributed by atoms with Crippen molar-refractivity contribution in [1.82, 2.24) is 19.7 Å². The van der Waals surface area contributed by atoms with E-state index in [-0.39, 0.29) is 30.5 Å². The van der Waals surface area contributed by atoms with Crippen molar-refractivity contribution in [2.45, 2.75) is 11.1 Å². The molecule has 1 amide bonds. The van der Waals surface area contributed by atoms with E-state index < -0.39 is 38.4 Å². The lowest BCUT2D eigenvalue weighted by molar-refractivity contribution is -0.143. The number of alkyl halides is 3. The van der Waals surface area contributed by atoms with Crippen LogP contribution in [0.15, 0.2) is 41.3 Å². The van der Waals surface area contributed by atoms with E-state index in [0.717, 1.165) is 24.3 Å². The van der Waals surface area contributed by atoms with E-state index in [1.54, 1.807) is 0 Å². The minimum atomic E-state index is -5.15. The summed E-state index contributed by atoms with van der Waals surface area (Å²) in [4.78, 5) is 11.9. The smallest absolute Gasteiger partial charge is 0.266 e. The maximum atomic E-state index is 13.7. The van der Waals surface area contributed by atoms with Crippen molar-refractivity contribution in [2.24, 2.45) is 0 Å². The summed E-state index contributed by atoms with van der Waals surface area (Å²) in [7, 11) is -4.66. The number of sulfonamides is 1. The Balaban J connectivity index is 2.07. The van der Waals surface area contributed by atoms with E-state index in [0.29, 0.717) is 0 Å². The predicted octanol–water partition coefficient (Wildman–Crippen LogP) is 5.02. The normalized spacial score (nSPS) is 12.1. The molecule has 3 aromatic rings. The van der Waals surface area contributed by atoms with Gasteiger partial charge in [0.1, 0.15) is 4.90 Å². The number of rotatable bonds is 4. The molecule has 0 aliphatic carbocycles. The first kappa shape index (κ1) is 23.6. The predicted molar refractivity (Wildman–Crippen MR) is 107 cm³/mol. The fraction of sp³-hybridized carbons (Fsp3) is 0.0625. The van der Waals surface area contributed by atoms with Crippen molar-refractivity contribution >= 4 is 62.3 Å². The molecule has 3 rings (SSSR count). The summed E-state index contributed by atoms with van der Waals surface area (Å²) in [5.74, 6) is -1.69. The minimum absolute atomic E-state index is 0.109. The van der Waals surface area contributed by atoms with Gasteiger partial charge in [-0.15, -0.1) is 5.10 Å². The number of halogens is 7. The SMILES string of the molecule is O=C(NS(=O)(=O)c1ccc(Cl)cc1Cl)c1nnn(-c2ccc(Cl)cc2Cl)c1C(F)(F)F. The average Bonchev–Trinajstić information content (AvgIpc) is 3.06. The molecule has 31 heavy (non-hydrogen) atoms. The number of hydrogen-bond donors (Lipinski definition) is 1. The first-order valence-corrected chi connectivity index (χ1v) is 10.8. The molecule has 0 bridgehead atoms. The molecule has 0 radical (unpaired) electrons. The van der Waals surface area contributed by atoms with Crippen LogP contribution in [-0.4, -0.2) is 29.3 Å². The molecule has 0 aliphatic heterocycles. The van der Waals surface area contributed by atoms with Crippen molar-refractivity contribution in [3.05, 3.63) is 67.9 Å². The van der Waals surface area contributed by atoms with Gasteiger partial charge in [-0.05, 0) is 36.4 Å². The molecular weight excluding hydrogens is 527 g/mol. The third-order valence-electron chi connectivity index (χ3n) is 3.70. The maximum Gasteiger partial charge on any atom is 0.435 e. The van der Waals surface area contributed by atoms with Crippen LogP contribution in [0.1, 0.15) is 16.2 Å². The summed E-state index contributed by atoms with van der Waals surface area (Å²) >= 11 is 23.2. The fourth-order valence-corrected chi connectivity index (χ4v) is 4.64. The molecule has 0 saturated carbocycles. The molecule has 0 unspecified atom stereocenters. The second-order valence-corrected chi connectivity index (χ2v) is 9.14. The van der Waals surface area contributed by atoms with E-state index in [1.807, 2.05) is 0 Å². The van der Waals surface area contributed by atoms with Crippen LogP contribution in [0.2, 0.25) is 20.1 Å². The molecule has 164 valence electrons. The number of carbonyl (C=O) groups is 1. The largest absolute Gasteiger partial charge is 0.435 e. The highest BCUT2D eigenvalue weighted by atomic mass is 35.5. The van der Waals surface area contributed by atoms with E-state index >= 15 is 0 Å². The van der Waals surface area contributed by atoms with Gasteiger partial charge in [0, 0.05) is 10.0 Å². The number of amides is 1. The molecule has 7 nitrogen and oxygen atoms in total. The van der Waals surface area contributed by atoms with Gasteiger partial charge in [-0.1, -0.05) is 51.6 Å². The van der Waals surface area contributed by atoms with E-state index in [4.69, 9.17) is 46.4 Å². The summed E-state index contributed by atoms with van der Waals surface area (Å²) in [5.41, 5.74) is -3.23. The molecular formula is C16H7Cl4F3N4O3S. The molecule has 15 heteroatoms. The Hall–Kier alpha value is -2.05. The monoisotopic (exact) mass is 532 g/mol. The number of aromatic nitrogens is 3. The standard InChI is InChI=1S/C16H7Cl4F3N4O3S/c17-7-1-3-11(9(19)5-7)27-14(16(21,22)23)13(24-26-27)15(28)25-31(29,30)12-4-2-8(18)6-10(12)20/h1-6H,(H,25,28). The highest BCUT2D eigenvalue weighted by molar-refractivity contribution is 7.90. The average molecular weight is 534 g/mol. The Morgan fingerprint density at radius 2 is 1.55 bits per heavy atom. The molecule has 1 heterocycles. The van der Waals surface area contributed by atoms with Crippen LogP contribution in [0.3, 0.4) is 0 Å². The van der Waals surface area contributed by atoms with Crippen molar-refractivity contribution in [1.29, 1.82) is 0 Å². The fourth-order valence-electron chi connectivity index (χ4n) is 2.43. The first-order chi connectivity index (χ1) is 14.3. The van der Waals surface area contributed by atoms with E-state index in [1.165, 1.54) is 16.9 Å². The summed E-state index contributed by atoms with van der Waals surface area (Å²) < 4.78 is 67.8. The molecule has 0 aliphatic rings. The summed E-state index contributed by atoms with van der Waals surface area (Å²) in [6, 6.07) is 6.77. The number of hydrogen-bond acceptors (Lipinski definition) is 5. The van der Waals surface area contributed by atoms with Crippen molar-refractivity contribution in [3.63, 3.8) is 0 Å². The van der Waals surface area contributed by atoms with Gasteiger partial charge in [-0.25, -0.2) is 17.8 Å². The summed E-state index contributed by atoms with van der Waals surface area (Å²) in [5, 5.41) is 6.22. The quantitative estimate of drug-likeness (QED) is 0.508. The lowest BCUT2D eigenvalue weighted by Crippen LogP contribution is -2.33. The zero-order valence-corrected chi connectivity index (χ0v) is 18.4. The van der Waals surface area contributed by atoms with Crippen LogP contribution in [0.4, 0.5) is 13.2 Å². The Bertz CT molecular complexity index is 1300. The molecule has 0 spiro atoms. The third-order valence-corrected chi connectivity index (χ3v) is 6.29. The highest BCUT2D eigenvalue weighted by Gasteiger charge is 2.43. The topological polar surface area (TPSA) is 93.9 Å². The number of carbonyl (C=O) groups excluding carboxylic acids is 1. The number of benzene rings is 2. The molecule has 0 atom stereocenters. The van der Waals surface area contributed by atoms with Crippen LogP contribution in [0.5, 0.6) is 0 Å². The third kappa shape index (κ3) is 4.90. The van der Waals surface area contributed by atoms with Gasteiger partial charge in [0.25, 0.3) is 15.9 Å². The van der Waals surface area contributed by atoms with Gasteiger partial charge < -0.3 is 0 Å². The zero-order chi connectivity index (χ0) is 23.1. The van der Waals surface area contributed by atoms with Gasteiger partial charge in [0.05, 0.1) is 15.7 Å². The Labute approximate surface area is 192 Å². The Morgan fingerprint density at radius 3 is 2.10 bits per heavy atom. The second kappa shape index (κ2) is 8.47. The molecule has 0 saturated heterocycles. The lowest BCUT2D eigenvalue weighted by atomic mass is 10.2. The number of nitrogens with zero attached hydrogens (tertiary/aromatic N) is 3. The Morgan fingerprint density at radius 1 is 0.968 bits per heavy atom. The van der Waals surface area contributed by atoms with Crippen LogP contribution >= 0.6 is 46.4 Å². The van der Waals surface area contributed by atoms with Gasteiger partial charge in [0.15, 0.2) is 11.4 Å². The second-order valence-electron chi connectivity index (χ2n) is 5.80. The van der Waals surface area contributed by atoms with Crippen LogP contribution < -0.4 is 4.72 Å². The minimum Gasteiger partial charge on any atom is -0.266 e. The molecule has 1 aromatic heterocycles. The van der Waals surface area contributed by atoms with E-state index in [9.17, 15) is 26.4 Å². The van der Waals surface area contributed by atoms with Crippen LogP contribution in [-0.2, 0) is 16.2 Å². The van der Waals surface area contributed by atoms with Gasteiger partial charge >= 0.3 is 6.18 Å². The van der Waals surface area contributed by atoms with Crippen molar-refractivity contribution in [3.8, 4) is 5.69 Å². The van der Waals surface area contributed by atoms with Crippen molar-refractivity contribution in [2.75, 3.05) is 0 Å². The molecule has 0 fully saturated rings. The first-order valence-electron chi connectivity index (χ1n) is 7.82.